The Labute approximate surface area is 194 Å². The van der Waals surface area contributed by atoms with Gasteiger partial charge in [-0.2, -0.15) is 0 Å². The Morgan fingerprint density at radius 1 is 1.06 bits per heavy atom. The van der Waals surface area contributed by atoms with Crippen molar-refractivity contribution in [2.45, 2.75) is 44.4 Å². The number of rotatable bonds is 3. The number of likely N-dealkylation sites (tertiary alicyclic amines) is 2. The Hall–Kier alpha value is -2.93. The summed E-state index contributed by atoms with van der Waals surface area (Å²) in [7, 11) is 4.15. The summed E-state index contributed by atoms with van der Waals surface area (Å²) in [4.78, 5) is 38.4. The zero-order valence-electron chi connectivity index (χ0n) is 19.8. The SMILES string of the molecule is Cc1c(C(=O)N2CCC[C@@H](c3cc(=O)[nH]c(C4CCN(C)CC4)n3)C2)c2ccccc2n1C. The maximum atomic E-state index is 13.7. The van der Waals surface area contributed by atoms with Gasteiger partial charge >= 0.3 is 0 Å². The van der Waals surface area contributed by atoms with E-state index in [-0.39, 0.29) is 17.4 Å². The quantitative estimate of drug-likeness (QED) is 0.668. The molecule has 7 nitrogen and oxygen atoms in total. The summed E-state index contributed by atoms with van der Waals surface area (Å²) in [5.74, 6) is 1.28. The Morgan fingerprint density at radius 2 is 1.82 bits per heavy atom. The molecule has 0 bridgehead atoms. The highest BCUT2D eigenvalue weighted by Crippen LogP contribution is 2.31. The van der Waals surface area contributed by atoms with Gasteiger partial charge in [0, 0.05) is 54.6 Å². The van der Waals surface area contributed by atoms with Crippen LogP contribution >= 0.6 is 0 Å². The number of hydrogen-bond acceptors (Lipinski definition) is 4. The molecule has 2 aliphatic rings. The van der Waals surface area contributed by atoms with Gasteiger partial charge in [-0.1, -0.05) is 18.2 Å². The summed E-state index contributed by atoms with van der Waals surface area (Å²) in [5, 5.41) is 1.00. The number of H-pyrrole nitrogens is 1. The molecular weight excluding hydrogens is 414 g/mol. The van der Waals surface area contributed by atoms with Gasteiger partial charge in [0.25, 0.3) is 11.5 Å². The van der Waals surface area contributed by atoms with Crippen molar-refractivity contribution < 1.29 is 4.79 Å². The van der Waals surface area contributed by atoms with Crippen LogP contribution in [0.15, 0.2) is 35.1 Å². The van der Waals surface area contributed by atoms with Crippen LogP contribution in [0.2, 0.25) is 0 Å². The lowest BCUT2D eigenvalue weighted by Gasteiger charge is -2.33. The van der Waals surface area contributed by atoms with Crippen LogP contribution in [0, 0.1) is 6.92 Å². The molecule has 33 heavy (non-hydrogen) atoms. The molecule has 2 aromatic heterocycles. The molecular formula is C26H33N5O2. The molecule has 174 valence electrons. The average Bonchev–Trinajstić information content (AvgIpc) is 3.09. The van der Waals surface area contributed by atoms with E-state index in [9.17, 15) is 9.59 Å². The van der Waals surface area contributed by atoms with Crippen molar-refractivity contribution in [2.24, 2.45) is 7.05 Å². The van der Waals surface area contributed by atoms with Gasteiger partial charge < -0.3 is 19.4 Å². The van der Waals surface area contributed by atoms with Gasteiger partial charge in [-0.3, -0.25) is 9.59 Å². The standard InChI is InChI=1S/C26H33N5O2/c1-17-24(20-8-4-5-9-22(20)30(17)3)26(33)31-12-6-7-19(16-31)21-15-23(32)28-25(27-21)18-10-13-29(2)14-11-18/h4-5,8-9,15,18-19H,6-7,10-14,16H2,1-3H3,(H,27,28,32)/t19-/m1/s1. The van der Waals surface area contributed by atoms with E-state index in [1.165, 1.54) is 0 Å². The van der Waals surface area contributed by atoms with E-state index in [0.29, 0.717) is 12.5 Å². The van der Waals surface area contributed by atoms with E-state index in [0.717, 1.165) is 79.0 Å². The largest absolute Gasteiger partial charge is 0.347 e. The van der Waals surface area contributed by atoms with E-state index in [1.54, 1.807) is 6.07 Å². The highest BCUT2D eigenvalue weighted by Gasteiger charge is 2.30. The normalized spacial score (nSPS) is 20.5. The lowest BCUT2D eigenvalue weighted by molar-refractivity contribution is 0.0706. The predicted molar refractivity (Wildman–Crippen MR) is 130 cm³/mol. The van der Waals surface area contributed by atoms with Crippen molar-refractivity contribution in [3.63, 3.8) is 0 Å². The fraction of sp³-hybridized carbons (Fsp3) is 0.500. The molecule has 1 atom stereocenters. The number of benzene rings is 1. The van der Waals surface area contributed by atoms with Crippen LogP contribution in [-0.4, -0.2) is 63.5 Å². The number of carbonyl (C=O) groups is 1. The highest BCUT2D eigenvalue weighted by atomic mass is 16.2. The molecule has 0 saturated carbocycles. The minimum atomic E-state index is -0.0812. The van der Waals surface area contributed by atoms with E-state index in [4.69, 9.17) is 4.98 Å². The van der Waals surface area contributed by atoms with Crippen LogP contribution in [0.5, 0.6) is 0 Å². The topological polar surface area (TPSA) is 74.2 Å². The molecule has 1 amide bonds. The van der Waals surface area contributed by atoms with Gasteiger partial charge in [0.05, 0.1) is 11.3 Å². The Kier molecular flexibility index (Phi) is 5.83. The number of fused-ring (bicyclic) bond motifs is 1. The fourth-order valence-electron chi connectivity index (χ4n) is 5.53. The molecule has 2 aliphatic heterocycles. The molecule has 1 N–H and O–H groups in total. The maximum absolute atomic E-state index is 13.7. The second-order valence-corrected chi connectivity index (χ2v) is 9.76. The summed E-state index contributed by atoms with van der Waals surface area (Å²) in [6.45, 7) is 5.40. The lowest BCUT2D eigenvalue weighted by Crippen LogP contribution is -2.40. The van der Waals surface area contributed by atoms with E-state index >= 15 is 0 Å². The van der Waals surface area contributed by atoms with Gasteiger partial charge in [0.1, 0.15) is 5.82 Å². The summed E-state index contributed by atoms with van der Waals surface area (Å²) >= 11 is 0. The Morgan fingerprint density at radius 3 is 2.61 bits per heavy atom. The lowest BCUT2D eigenvalue weighted by atomic mass is 9.92. The maximum Gasteiger partial charge on any atom is 0.256 e. The van der Waals surface area contributed by atoms with Crippen LogP contribution in [0.4, 0.5) is 0 Å². The zero-order chi connectivity index (χ0) is 23.1. The summed E-state index contributed by atoms with van der Waals surface area (Å²) in [5.41, 5.74) is 3.61. The summed E-state index contributed by atoms with van der Waals surface area (Å²) in [6, 6.07) is 9.72. The first-order chi connectivity index (χ1) is 15.9. The molecule has 7 heteroatoms. The number of nitrogens with zero attached hydrogens (tertiary/aromatic N) is 4. The minimum Gasteiger partial charge on any atom is -0.347 e. The number of piperidine rings is 2. The zero-order valence-corrected chi connectivity index (χ0v) is 19.8. The van der Waals surface area contributed by atoms with Crippen LogP contribution in [0.1, 0.15) is 65.1 Å². The van der Waals surface area contributed by atoms with E-state index in [2.05, 4.69) is 27.6 Å². The van der Waals surface area contributed by atoms with Gasteiger partial charge in [-0.05, 0) is 58.8 Å². The first-order valence-electron chi connectivity index (χ1n) is 12.1. The van der Waals surface area contributed by atoms with Crippen molar-refractivity contribution in [3.8, 4) is 0 Å². The first-order valence-corrected chi connectivity index (χ1v) is 12.1. The molecule has 2 saturated heterocycles. The van der Waals surface area contributed by atoms with Crippen LogP contribution in [0.25, 0.3) is 10.9 Å². The van der Waals surface area contributed by atoms with Crippen molar-refractivity contribution in [1.82, 2.24) is 24.3 Å². The summed E-state index contributed by atoms with van der Waals surface area (Å²) < 4.78 is 2.09. The number of nitrogens with one attached hydrogen (secondary N) is 1. The van der Waals surface area contributed by atoms with Crippen LogP contribution < -0.4 is 5.56 Å². The fourth-order valence-corrected chi connectivity index (χ4v) is 5.53. The van der Waals surface area contributed by atoms with Gasteiger partial charge in [-0.15, -0.1) is 0 Å². The molecule has 5 rings (SSSR count). The Balaban J connectivity index is 1.40. The molecule has 0 aliphatic carbocycles. The van der Waals surface area contributed by atoms with Crippen molar-refractivity contribution in [3.05, 3.63) is 63.5 Å². The third-order valence-electron chi connectivity index (χ3n) is 7.63. The molecule has 4 heterocycles. The molecule has 1 aromatic carbocycles. The van der Waals surface area contributed by atoms with Crippen molar-refractivity contribution >= 4 is 16.8 Å². The molecule has 0 spiro atoms. The number of para-hydroxylation sites is 1. The first kappa shape index (κ1) is 21.9. The molecule has 2 fully saturated rings. The molecule has 3 aromatic rings. The van der Waals surface area contributed by atoms with Gasteiger partial charge in [0.15, 0.2) is 0 Å². The third-order valence-corrected chi connectivity index (χ3v) is 7.63. The monoisotopic (exact) mass is 447 g/mol. The number of aromatic nitrogens is 3. The second kappa shape index (κ2) is 8.78. The van der Waals surface area contributed by atoms with Crippen molar-refractivity contribution in [2.75, 3.05) is 33.2 Å². The number of aryl methyl sites for hydroxylation is 1. The number of aromatic amines is 1. The smallest absolute Gasteiger partial charge is 0.256 e. The van der Waals surface area contributed by atoms with E-state index < -0.39 is 0 Å². The number of carbonyl (C=O) groups excluding carboxylic acids is 1. The minimum absolute atomic E-state index is 0.0781. The van der Waals surface area contributed by atoms with Gasteiger partial charge in [0.2, 0.25) is 0 Å². The average molecular weight is 448 g/mol. The number of hydrogen-bond donors (Lipinski definition) is 1. The van der Waals surface area contributed by atoms with Crippen molar-refractivity contribution in [1.29, 1.82) is 0 Å². The second-order valence-electron chi connectivity index (χ2n) is 9.76. The highest BCUT2D eigenvalue weighted by molar-refractivity contribution is 6.08. The summed E-state index contributed by atoms with van der Waals surface area (Å²) in [6.07, 6.45) is 3.89. The third kappa shape index (κ3) is 4.10. The van der Waals surface area contributed by atoms with Crippen LogP contribution in [-0.2, 0) is 7.05 Å². The molecule has 0 unspecified atom stereocenters. The predicted octanol–water partition coefficient (Wildman–Crippen LogP) is 3.40. The number of amides is 1. The molecule has 0 radical (unpaired) electrons. The van der Waals surface area contributed by atoms with E-state index in [1.807, 2.05) is 37.1 Å². The Bertz CT molecular complexity index is 1240. The van der Waals surface area contributed by atoms with Gasteiger partial charge in [-0.25, -0.2) is 4.98 Å². The van der Waals surface area contributed by atoms with Crippen LogP contribution in [0.3, 0.4) is 0 Å².